The van der Waals surface area contributed by atoms with Crippen molar-refractivity contribution in [2.75, 3.05) is 0 Å². The second-order valence-corrected chi connectivity index (χ2v) is 7.09. The van der Waals surface area contributed by atoms with Crippen LogP contribution >= 0.6 is 0 Å². The molecule has 2 heteroatoms. The summed E-state index contributed by atoms with van der Waals surface area (Å²) in [6.45, 7) is 6.98. The van der Waals surface area contributed by atoms with Crippen molar-refractivity contribution >= 4 is 0 Å². The number of hydrogen-bond acceptors (Lipinski definition) is 2. The second kappa shape index (κ2) is 8.30. The average Bonchev–Trinajstić information content (AvgIpc) is 2.72. The van der Waals surface area contributed by atoms with Crippen molar-refractivity contribution in [1.29, 1.82) is 0 Å². The fraction of sp³-hybridized carbons (Fsp3) is 0.280. The molecule has 2 nitrogen and oxygen atoms in total. The number of aryl methyl sites for hydroxylation is 1. The molecule has 3 aromatic rings. The van der Waals surface area contributed by atoms with Crippen molar-refractivity contribution in [2.24, 2.45) is 0 Å². The van der Waals surface area contributed by atoms with E-state index < -0.39 is 0 Å². The SMILES string of the molecule is CCC(CC)(c1ccc(OCc2ccccc2)cc1)c1ccc(O)c(C)c1. The Labute approximate surface area is 162 Å². The Morgan fingerprint density at radius 3 is 2.04 bits per heavy atom. The van der Waals surface area contributed by atoms with Crippen LogP contribution in [-0.2, 0) is 12.0 Å². The highest BCUT2D eigenvalue weighted by Crippen LogP contribution is 2.40. The summed E-state index contributed by atoms with van der Waals surface area (Å²) < 4.78 is 5.93. The quantitative estimate of drug-likeness (QED) is 0.529. The van der Waals surface area contributed by atoms with Gasteiger partial charge in [-0.2, -0.15) is 0 Å². The van der Waals surface area contributed by atoms with Crippen LogP contribution in [0.15, 0.2) is 72.8 Å². The van der Waals surface area contributed by atoms with E-state index in [1.165, 1.54) is 11.1 Å². The van der Waals surface area contributed by atoms with Gasteiger partial charge in [-0.15, -0.1) is 0 Å². The lowest BCUT2D eigenvalue weighted by Gasteiger charge is -2.33. The molecule has 0 radical (unpaired) electrons. The zero-order chi connectivity index (χ0) is 19.3. The molecule has 0 saturated heterocycles. The summed E-state index contributed by atoms with van der Waals surface area (Å²) in [5.41, 5.74) is 4.56. The molecule has 0 aromatic heterocycles. The molecule has 0 aliphatic rings. The summed E-state index contributed by atoms with van der Waals surface area (Å²) in [5.74, 6) is 1.23. The fourth-order valence-corrected chi connectivity index (χ4v) is 3.80. The highest BCUT2D eigenvalue weighted by molar-refractivity contribution is 5.45. The first-order valence-corrected chi connectivity index (χ1v) is 9.66. The van der Waals surface area contributed by atoms with Gasteiger partial charge >= 0.3 is 0 Å². The monoisotopic (exact) mass is 360 g/mol. The Balaban J connectivity index is 1.84. The Morgan fingerprint density at radius 1 is 0.815 bits per heavy atom. The van der Waals surface area contributed by atoms with Gasteiger partial charge in [0, 0.05) is 5.41 Å². The molecule has 27 heavy (non-hydrogen) atoms. The first-order chi connectivity index (χ1) is 13.1. The predicted molar refractivity (Wildman–Crippen MR) is 111 cm³/mol. The summed E-state index contributed by atoms with van der Waals surface area (Å²) in [7, 11) is 0. The number of phenolic OH excluding ortho intramolecular Hbond substituents is 1. The zero-order valence-electron chi connectivity index (χ0n) is 16.4. The first-order valence-electron chi connectivity index (χ1n) is 9.66. The molecule has 0 aliphatic carbocycles. The predicted octanol–water partition coefficient (Wildman–Crippen LogP) is 6.39. The molecule has 0 bridgehead atoms. The van der Waals surface area contributed by atoms with Crippen LogP contribution in [-0.4, -0.2) is 5.11 Å². The summed E-state index contributed by atoms with van der Waals surface area (Å²) in [6.07, 6.45) is 2.00. The number of benzene rings is 3. The average molecular weight is 360 g/mol. The minimum Gasteiger partial charge on any atom is -0.508 e. The van der Waals surface area contributed by atoms with Crippen molar-refractivity contribution in [2.45, 2.75) is 45.6 Å². The molecule has 1 N–H and O–H groups in total. The molecule has 0 aliphatic heterocycles. The molecule has 140 valence electrons. The van der Waals surface area contributed by atoms with Gasteiger partial charge < -0.3 is 9.84 Å². The molecule has 0 fully saturated rings. The van der Waals surface area contributed by atoms with Gasteiger partial charge in [0.1, 0.15) is 18.1 Å². The smallest absolute Gasteiger partial charge is 0.119 e. The third-order valence-corrected chi connectivity index (χ3v) is 5.61. The summed E-state index contributed by atoms with van der Waals surface area (Å²) in [6, 6.07) is 24.7. The molecule has 0 atom stereocenters. The van der Waals surface area contributed by atoms with Crippen LogP contribution in [0.1, 0.15) is 48.9 Å². The highest BCUT2D eigenvalue weighted by Gasteiger charge is 2.31. The number of hydrogen-bond donors (Lipinski definition) is 1. The van der Waals surface area contributed by atoms with E-state index in [9.17, 15) is 5.11 Å². The van der Waals surface area contributed by atoms with E-state index in [0.717, 1.165) is 29.7 Å². The van der Waals surface area contributed by atoms with Crippen LogP contribution in [0.25, 0.3) is 0 Å². The number of phenols is 1. The van der Waals surface area contributed by atoms with E-state index in [-0.39, 0.29) is 5.41 Å². The van der Waals surface area contributed by atoms with Crippen LogP contribution in [0.5, 0.6) is 11.5 Å². The van der Waals surface area contributed by atoms with E-state index in [1.54, 1.807) is 0 Å². The summed E-state index contributed by atoms with van der Waals surface area (Å²) in [5, 5.41) is 9.90. The lowest BCUT2D eigenvalue weighted by Crippen LogP contribution is -2.26. The standard InChI is InChI=1S/C25H28O2/c1-4-25(5-2,22-13-16-24(26)19(3)17-22)21-11-14-23(15-12-21)27-18-20-9-7-6-8-10-20/h6-17,26H,4-5,18H2,1-3H3. The Bertz CT molecular complexity index is 863. The first kappa shape index (κ1) is 19.0. The van der Waals surface area contributed by atoms with E-state index >= 15 is 0 Å². The van der Waals surface area contributed by atoms with Gasteiger partial charge in [0.15, 0.2) is 0 Å². The Morgan fingerprint density at radius 2 is 1.44 bits per heavy atom. The normalized spacial score (nSPS) is 11.4. The van der Waals surface area contributed by atoms with Crippen molar-refractivity contribution in [3.8, 4) is 11.5 Å². The largest absolute Gasteiger partial charge is 0.508 e. The molecule has 0 amide bonds. The van der Waals surface area contributed by atoms with Crippen molar-refractivity contribution < 1.29 is 9.84 Å². The molecule has 3 aromatic carbocycles. The molecule has 0 heterocycles. The molecule has 0 unspecified atom stereocenters. The third kappa shape index (κ3) is 4.00. The van der Waals surface area contributed by atoms with Gasteiger partial charge in [0.25, 0.3) is 0 Å². The van der Waals surface area contributed by atoms with Gasteiger partial charge in [0.05, 0.1) is 0 Å². The maximum Gasteiger partial charge on any atom is 0.119 e. The maximum atomic E-state index is 9.90. The van der Waals surface area contributed by atoms with E-state index in [1.807, 2.05) is 31.2 Å². The van der Waals surface area contributed by atoms with Crippen molar-refractivity contribution in [1.82, 2.24) is 0 Å². The summed E-state index contributed by atoms with van der Waals surface area (Å²) >= 11 is 0. The van der Waals surface area contributed by atoms with E-state index in [0.29, 0.717) is 12.4 Å². The van der Waals surface area contributed by atoms with Gasteiger partial charge in [-0.25, -0.2) is 0 Å². The molecular formula is C25H28O2. The Kier molecular flexibility index (Phi) is 5.85. The maximum absolute atomic E-state index is 9.90. The Hall–Kier alpha value is -2.74. The van der Waals surface area contributed by atoms with Gasteiger partial charge in [-0.1, -0.05) is 68.4 Å². The van der Waals surface area contributed by atoms with Crippen LogP contribution in [0.2, 0.25) is 0 Å². The van der Waals surface area contributed by atoms with Gasteiger partial charge in [-0.3, -0.25) is 0 Å². The number of rotatable bonds is 7. The van der Waals surface area contributed by atoms with E-state index in [2.05, 4.69) is 62.4 Å². The minimum atomic E-state index is -0.0591. The summed E-state index contributed by atoms with van der Waals surface area (Å²) in [4.78, 5) is 0. The van der Waals surface area contributed by atoms with Crippen LogP contribution in [0.4, 0.5) is 0 Å². The van der Waals surface area contributed by atoms with Crippen LogP contribution < -0.4 is 4.74 Å². The second-order valence-electron chi connectivity index (χ2n) is 7.09. The highest BCUT2D eigenvalue weighted by atomic mass is 16.5. The fourth-order valence-electron chi connectivity index (χ4n) is 3.80. The van der Waals surface area contributed by atoms with Gasteiger partial charge in [-0.05, 0) is 60.2 Å². The van der Waals surface area contributed by atoms with Gasteiger partial charge in [0.2, 0.25) is 0 Å². The number of aromatic hydroxyl groups is 1. The third-order valence-electron chi connectivity index (χ3n) is 5.61. The molecule has 0 saturated carbocycles. The lowest BCUT2D eigenvalue weighted by atomic mass is 9.70. The molecular weight excluding hydrogens is 332 g/mol. The molecule has 0 spiro atoms. The minimum absolute atomic E-state index is 0.0591. The lowest BCUT2D eigenvalue weighted by molar-refractivity contribution is 0.306. The zero-order valence-corrected chi connectivity index (χ0v) is 16.4. The topological polar surface area (TPSA) is 29.5 Å². The van der Waals surface area contributed by atoms with Crippen molar-refractivity contribution in [3.05, 3.63) is 95.1 Å². The van der Waals surface area contributed by atoms with Crippen molar-refractivity contribution in [3.63, 3.8) is 0 Å². The van der Waals surface area contributed by atoms with Crippen LogP contribution in [0.3, 0.4) is 0 Å². The number of ether oxygens (including phenoxy) is 1. The van der Waals surface area contributed by atoms with E-state index in [4.69, 9.17) is 4.74 Å². The molecule has 3 rings (SSSR count). The van der Waals surface area contributed by atoms with Crippen LogP contribution in [0, 0.1) is 6.92 Å².